The van der Waals surface area contributed by atoms with Gasteiger partial charge in [0.05, 0.1) is 16.7 Å². The summed E-state index contributed by atoms with van der Waals surface area (Å²) >= 11 is 1.64. The fourth-order valence-electron chi connectivity index (χ4n) is 3.25. The highest BCUT2D eigenvalue weighted by atomic mass is 32.2. The molecule has 2 N–H and O–H groups in total. The first-order valence-corrected chi connectivity index (χ1v) is 12.2. The Morgan fingerprint density at radius 3 is 2.41 bits per heavy atom. The van der Waals surface area contributed by atoms with Crippen LogP contribution in [0.15, 0.2) is 89.4 Å². The fraction of sp³-hybridized carbons (Fsp3) is 0.0435. The van der Waals surface area contributed by atoms with Gasteiger partial charge in [-0.05, 0) is 60.8 Å². The van der Waals surface area contributed by atoms with E-state index in [0.717, 1.165) is 27.3 Å². The first-order chi connectivity index (χ1) is 15.5. The molecular formula is C23H19N5O2S2. The Balaban J connectivity index is 1.34. The van der Waals surface area contributed by atoms with E-state index in [1.165, 1.54) is 0 Å². The molecule has 5 aromatic rings. The average molecular weight is 462 g/mol. The van der Waals surface area contributed by atoms with E-state index in [0.29, 0.717) is 11.5 Å². The maximum atomic E-state index is 12.6. The topological polar surface area (TPSA) is 88.4 Å². The Labute approximate surface area is 189 Å². The molecule has 0 unspecified atom stereocenters. The predicted octanol–water partition coefficient (Wildman–Crippen LogP) is 5.31. The SMILES string of the molecule is Cc1ccc(S(=O)(=O)Nc2ccc(Nc3ccn4ncc(-c5cccs5)c4n3)cc2)cc1. The molecule has 0 aliphatic heterocycles. The Bertz CT molecular complexity index is 1470. The van der Waals surface area contributed by atoms with Gasteiger partial charge >= 0.3 is 0 Å². The number of hydrogen-bond donors (Lipinski definition) is 2. The highest BCUT2D eigenvalue weighted by molar-refractivity contribution is 7.92. The quantitative estimate of drug-likeness (QED) is 0.358. The number of anilines is 3. The van der Waals surface area contributed by atoms with Crippen molar-refractivity contribution in [1.82, 2.24) is 14.6 Å². The summed E-state index contributed by atoms with van der Waals surface area (Å²) in [6.07, 6.45) is 3.67. The number of sulfonamides is 1. The summed E-state index contributed by atoms with van der Waals surface area (Å²) < 4.78 is 29.5. The molecule has 3 aromatic heterocycles. The summed E-state index contributed by atoms with van der Waals surface area (Å²) in [6, 6.07) is 19.6. The summed E-state index contributed by atoms with van der Waals surface area (Å²) in [6.45, 7) is 1.91. The van der Waals surface area contributed by atoms with Gasteiger partial charge in [-0.25, -0.2) is 17.9 Å². The van der Waals surface area contributed by atoms with Gasteiger partial charge in [0.25, 0.3) is 10.0 Å². The summed E-state index contributed by atoms with van der Waals surface area (Å²) in [5, 5.41) is 9.65. The second-order valence-corrected chi connectivity index (χ2v) is 9.87. The van der Waals surface area contributed by atoms with Crippen LogP contribution in [0.25, 0.3) is 16.1 Å². The van der Waals surface area contributed by atoms with Gasteiger partial charge in [-0.15, -0.1) is 11.3 Å². The van der Waals surface area contributed by atoms with Gasteiger partial charge in [0, 0.05) is 22.4 Å². The molecule has 160 valence electrons. The molecule has 0 aliphatic rings. The molecule has 0 amide bonds. The van der Waals surface area contributed by atoms with E-state index in [4.69, 9.17) is 4.98 Å². The molecule has 0 bridgehead atoms. The van der Waals surface area contributed by atoms with Crippen molar-refractivity contribution in [2.24, 2.45) is 0 Å². The van der Waals surface area contributed by atoms with Crippen molar-refractivity contribution in [3.8, 4) is 10.4 Å². The molecule has 0 radical (unpaired) electrons. The maximum Gasteiger partial charge on any atom is 0.261 e. The minimum absolute atomic E-state index is 0.227. The van der Waals surface area contributed by atoms with Gasteiger partial charge in [0.1, 0.15) is 5.82 Å². The molecule has 32 heavy (non-hydrogen) atoms. The van der Waals surface area contributed by atoms with E-state index in [2.05, 4.69) is 15.1 Å². The number of fused-ring (bicyclic) bond motifs is 1. The van der Waals surface area contributed by atoms with Crippen LogP contribution >= 0.6 is 11.3 Å². The zero-order chi connectivity index (χ0) is 22.1. The molecule has 0 fully saturated rings. The minimum Gasteiger partial charge on any atom is -0.340 e. The molecule has 7 nitrogen and oxygen atoms in total. The molecule has 0 spiro atoms. The first kappa shape index (κ1) is 20.2. The van der Waals surface area contributed by atoms with Crippen molar-refractivity contribution in [2.75, 3.05) is 10.0 Å². The monoisotopic (exact) mass is 461 g/mol. The summed E-state index contributed by atoms with van der Waals surface area (Å²) in [5.74, 6) is 0.670. The van der Waals surface area contributed by atoms with E-state index >= 15 is 0 Å². The minimum atomic E-state index is -3.64. The van der Waals surface area contributed by atoms with Crippen molar-refractivity contribution >= 4 is 44.2 Å². The van der Waals surface area contributed by atoms with Crippen molar-refractivity contribution in [3.63, 3.8) is 0 Å². The highest BCUT2D eigenvalue weighted by Crippen LogP contribution is 2.28. The van der Waals surface area contributed by atoms with E-state index in [1.54, 1.807) is 64.4 Å². The Morgan fingerprint density at radius 1 is 0.938 bits per heavy atom. The van der Waals surface area contributed by atoms with Gasteiger partial charge < -0.3 is 5.32 Å². The highest BCUT2D eigenvalue weighted by Gasteiger charge is 2.14. The lowest BCUT2D eigenvalue weighted by molar-refractivity contribution is 0.601. The van der Waals surface area contributed by atoms with E-state index in [9.17, 15) is 8.42 Å². The van der Waals surface area contributed by atoms with E-state index in [1.807, 2.05) is 42.9 Å². The third kappa shape index (κ3) is 4.08. The van der Waals surface area contributed by atoms with Crippen LogP contribution in [-0.2, 0) is 10.0 Å². The van der Waals surface area contributed by atoms with Crippen LogP contribution in [0.2, 0.25) is 0 Å². The lowest BCUT2D eigenvalue weighted by atomic mass is 10.2. The second-order valence-electron chi connectivity index (χ2n) is 7.24. The smallest absolute Gasteiger partial charge is 0.261 e. The molecule has 5 rings (SSSR count). The van der Waals surface area contributed by atoms with Gasteiger partial charge in [-0.1, -0.05) is 23.8 Å². The molecule has 0 saturated heterocycles. The van der Waals surface area contributed by atoms with Crippen LogP contribution < -0.4 is 10.0 Å². The number of benzene rings is 2. The van der Waals surface area contributed by atoms with Gasteiger partial charge in [-0.3, -0.25) is 4.72 Å². The van der Waals surface area contributed by atoms with Crippen molar-refractivity contribution in [2.45, 2.75) is 11.8 Å². The Hall–Kier alpha value is -3.69. The Kier molecular flexibility index (Phi) is 5.12. The third-order valence-corrected chi connectivity index (χ3v) is 7.20. The number of hydrogen-bond acceptors (Lipinski definition) is 6. The van der Waals surface area contributed by atoms with E-state index < -0.39 is 10.0 Å². The normalized spacial score (nSPS) is 11.5. The molecule has 0 saturated carbocycles. The third-order valence-electron chi connectivity index (χ3n) is 4.90. The summed E-state index contributed by atoms with van der Waals surface area (Å²) in [7, 11) is -3.64. The first-order valence-electron chi connectivity index (χ1n) is 9.83. The molecule has 0 atom stereocenters. The zero-order valence-electron chi connectivity index (χ0n) is 17.1. The molecule has 3 heterocycles. The largest absolute Gasteiger partial charge is 0.340 e. The van der Waals surface area contributed by atoms with Gasteiger partial charge in [0.2, 0.25) is 0 Å². The summed E-state index contributed by atoms with van der Waals surface area (Å²) in [5.41, 5.74) is 4.02. The maximum absolute atomic E-state index is 12.6. The van der Waals surface area contributed by atoms with Crippen LogP contribution in [0, 0.1) is 6.92 Å². The number of rotatable bonds is 6. The second kappa shape index (κ2) is 8.10. The lowest BCUT2D eigenvalue weighted by Crippen LogP contribution is -2.12. The van der Waals surface area contributed by atoms with Crippen LogP contribution in [0.1, 0.15) is 5.56 Å². The molecule has 0 aliphatic carbocycles. The molecular weight excluding hydrogens is 442 g/mol. The van der Waals surface area contributed by atoms with Crippen molar-refractivity contribution < 1.29 is 8.42 Å². The molecule has 9 heteroatoms. The van der Waals surface area contributed by atoms with Gasteiger partial charge in [-0.2, -0.15) is 5.10 Å². The molecule has 2 aromatic carbocycles. The number of nitrogens with zero attached hydrogens (tertiary/aromatic N) is 3. The zero-order valence-corrected chi connectivity index (χ0v) is 18.7. The number of aryl methyl sites for hydroxylation is 1. The number of thiophene rings is 1. The lowest BCUT2D eigenvalue weighted by Gasteiger charge is -2.10. The van der Waals surface area contributed by atoms with Crippen molar-refractivity contribution in [1.29, 1.82) is 0 Å². The fourth-order valence-corrected chi connectivity index (χ4v) is 5.04. The standard InChI is InChI=1S/C23H19N5O2S2/c1-16-4-10-19(11-5-16)32(29,30)27-18-8-6-17(7-9-18)25-22-12-13-28-23(26-22)20(15-24-28)21-3-2-14-31-21/h2-15,27H,1H3,(H,25,26). The van der Waals surface area contributed by atoms with Crippen LogP contribution in [0.4, 0.5) is 17.2 Å². The predicted molar refractivity (Wildman–Crippen MR) is 128 cm³/mol. The Morgan fingerprint density at radius 2 is 1.69 bits per heavy atom. The summed E-state index contributed by atoms with van der Waals surface area (Å²) in [4.78, 5) is 6.03. The number of aromatic nitrogens is 3. The van der Waals surface area contributed by atoms with E-state index in [-0.39, 0.29) is 4.90 Å². The van der Waals surface area contributed by atoms with Crippen LogP contribution in [-0.4, -0.2) is 23.0 Å². The number of nitrogens with one attached hydrogen (secondary N) is 2. The van der Waals surface area contributed by atoms with Crippen molar-refractivity contribution in [3.05, 3.63) is 90.1 Å². The van der Waals surface area contributed by atoms with Gasteiger partial charge in [0.15, 0.2) is 5.65 Å². The van der Waals surface area contributed by atoms with Crippen LogP contribution in [0.5, 0.6) is 0 Å². The van der Waals surface area contributed by atoms with Crippen LogP contribution in [0.3, 0.4) is 0 Å². The average Bonchev–Trinajstić information content (AvgIpc) is 3.45.